The molecule has 3 heterocycles. The molecule has 2 aliphatic rings. The van der Waals surface area contributed by atoms with Gasteiger partial charge in [0.05, 0.1) is 35.9 Å². The van der Waals surface area contributed by atoms with Crippen molar-refractivity contribution in [1.29, 1.82) is 0 Å². The lowest BCUT2D eigenvalue weighted by atomic mass is 9.82. The Labute approximate surface area is 260 Å². The van der Waals surface area contributed by atoms with Crippen molar-refractivity contribution in [3.8, 4) is 5.75 Å². The summed E-state index contributed by atoms with van der Waals surface area (Å²) in [7, 11) is 1.52. The van der Waals surface area contributed by atoms with Gasteiger partial charge in [-0.25, -0.2) is 9.69 Å². The average Bonchev–Trinajstić information content (AvgIpc) is 3.47. The summed E-state index contributed by atoms with van der Waals surface area (Å²) in [6.45, 7) is 1.67. The van der Waals surface area contributed by atoms with Crippen LogP contribution in [0.5, 0.6) is 5.75 Å². The molecule has 0 aliphatic carbocycles. The molecule has 3 unspecified atom stereocenters. The van der Waals surface area contributed by atoms with Gasteiger partial charge in [0.2, 0.25) is 17.7 Å². The molecular weight excluding hydrogens is 603 g/mol. The van der Waals surface area contributed by atoms with E-state index in [1.54, 1.807) is 55.5 Å². The zero-order chi connectivity index (χ0) is 31.0. The number of amides is 3. The Morgan fingerprint density at radius 2 is 1.61 bits per heavy atom. The molecule has 224 valence electrons. The first-order valence-electron chi connectivity index (χ1n) is 13.8. The molecule has 3 amide bonds. The number of nitrogens with zero attached hydrogens (tertiary/aromatic N) is 2. The molecule has 1 N–H and O–H groups in total. The molecule has 1 fully saturated rings. The summed E-state index contributed by atoms with van der Waals surface area (Å²) >= 11 is 2.09. The van der Waals surface area contributed by atoms with Crippen molar-refractivity contribution in [2.45, 2.75) is 29.7 Å². The summed E-state index contributed by atoms with van der Waals surface area (Å²) in [5.41, 5.74) is 1.88. The molecule has 1 saturated heterocycles. The van der Waals surface area contributed by atoms with Crippen LogP contribution in [0.3, 0.4) is 0 Å². The summed E-state index contributed by atoms with van der Waals surface area (Å²) < 4.78 is 12.1. The second kappa shape index (κ2) is 12.1. The van der Waals surface area contributed by atoms with Crippen LogP contribution in [-0.2, 0) is 25.7 Å². The van der Waals surface area contributed by atoms with E-state index in [0.29, 0.717) is 38.2 Å². The van der Waals surface area contributed by atoms with Crippen LogP contribution in [-0.4, -0.2) is 47.2 Å². The Morgan fingerprint density at radius 1 is 0.909 bits per heavy atom. The molecule has 3 aromatic carbocycles. The molecule has 44 heavy (non-hydrogen) atoms. The molecule has 0 saturated carbocycles. The maximum atomic E-state index is 14.2. The monoisotopic (exact) mass is 629 g/mol. The Balaban J connectivity index is 1.40. The highest BCUT2D eigenvalue weighted by Crippen LogP contribution is 2.55. The number of ether oxygens (including phenoxy) is 2. The quantitative estimate of drug-likeness (QED) is 0.223. The third-order valence-corrected chi connectivity index (χ3v) is 10.1. The van der Waals surface area contributed by atoms with Crippen LogP contribution in [0.25, 0.3) is 0 Å². The standard InChI is InChI=1S/C32H27N3O7S2/c1-3-42-31(39)18-13-15-20(16-14-18)35-28(37)25-24(21-11-7-8-12-22(21)41-2)27-30(43-26(25)29(35)38)34(32(40)44-27)17-23(36)33-19-9-5-4-6-10-19/h4-16,24-26H,3,17H2,1-2H3,(H,33,36). The van der Waals surface area contributed by atoms with Crippen LogP contribution in [0.15, 0.2) is 88.7 Å². The number of hydrogen-bond acceptors (Lipinski definition) is 9. The number of aromatic nitrogens is 1. The van der Waals surface area contributed by atoms with Crippen molar-refractivity contribution in [3.63, 3.8) is 0 Å². The second-order valence-corrected chi connectivity index (χ2v) is 12.2. The van der Waals surface area contributed by atoms with E-state index in [9.17, 15) is 24.0 Å². The maximum absolute atomic E-state index is 14.2. The van der Waals surface area contributed by atoms with Crippen LogP contribution in [0.4, 0.5) is 11.4 Å². The molecule has 12 heteroatoms. The zero-order valence-electron chi connectivity index (χ0n) is 23.7. The number of carbonyl (C=O) groups excluding carboxylic acids is 4. The van der Waals surface area contributed by atoms with Crippen molar-refractivity contribution in [2.75, 3.05) is 23.9 Å². The Hall–Kier alpha value is -4.68. The smallest absolute Gasteiger partial charge is 0.338 e. The normalized spacial score (nSPS) is 18.9. The molecule has 1 aromatic heterocycles. The van der Waals surface area contributed by atoms with Gasteiger partial charge in [0.1, 0.15) is 17.5 Å². The van der Waals surface area contributed by atoms with E-state index in [4.69, 9.17) is 9.47 Å². The molecule has 0 bridgehead atoms. The van der Waals surface area contributed by atoms with E-state index in [1.807, 2.05) is 18.2 Å². The van der Waals surface area contributed by atoms with Gasteiger partial charge in [-0.1, -0.05) is 59.5 Å². The van der Waals surface area contributed by atoms with Crippen LogP contribution < -0.4 is 19.8 Å². The lowest BCUT2D eigenvalue weighted by molar-refractivity contribution is -0.122. The van der Waals surface area contributed by atoms with Crippen molar-refractivity contribution in [1.82, 2.24) is 4.57 Å². The number of rotatable bonds is 8. The number of carbonyl (C=O) groups is 4. The summed E-state index contributed by atoms with van der Waals surface area (Å²) in [4.78, 5) is 68.1. The predicted octanol–water partition coefficient (Wildman–Crippen LogP) is 4.53. The van der Waals surface area contributed by atoms with E-state index in [0.717, 1.165) is 28.0 Å². The highest BCUT2D eigenvalue weighted by molar-refractivity contribution is 8.00. The number of methoxy groups -OCH3 is 1. The van der Waals surface area contributed by atoms with Crippen molar-refractivity contribution in [2.24, 2.45) is 5.92 Å². The Morgan fingerprint density at radius 3 is 2.32 bits per heavy atom. The van der Waals surface area contributed by atoms with E-state index in [-0.39, 0.29) is 18.0 Å². The highest BCUT2D eigenvalue weighted by atomic mass is 32.2. The highest BCUT2D eigenvalue weighted by Gasteiger charge is 2.57. The molecule has 6 rings (SSSR count). The molecule has 2 aliphatic heterocycles. The minimum Gasteiger partial charge on any atom is -0.496 e. The molecule has 4 aromatic rings. The van der Waals surface area contributed by atoms with E-state index in [1.165, 1.54) is 23.8 Å². The lowest BCUT2D eigenvalue weighted by Gasteiger charge is -2.31. The Kier molecular flexibility index (Phi) is 8.11. The van der Waals surface area contributed by atoms with Crippen molar-refractivity contribution in [3.05, 3.63) is 105 Å². The number of thioether (sulfide) groups is 1. The Bertz CT molecular complexity index is 1820. The number of esters is 1. The largest absolute Gasteiger partial charge is 0.496 e. The molecule has 0 spiro atoms. The minimum absolute atomic E-state index is 0.220. The maximum Gasteiger partial charge on any atom is 0.338 e. The number of fused-ring (bicyclic) bond motifs is 2. The van der Waals surface area contributed by atoms with Gasteiger partial charge in [-0.05, 0) is 49.4 Å². The fourth-order valence-electron chi connectivity index (χ4n) is 5.59. The number of hydrogen-bond donors (Lipinski definition) is 1. The third-order valence-electron chi connectivity index (χ3n) is 7.52. The topological polar surface area (TPSA) is 124 Å². The van der Waals surface area contributed by atoms with E-state index < -0.39 is 40.8 Å². The van der Waals surface area contributed by atoms with Gasteiger partial charge in [0.25, 0.3) is 0 Å². The fourth-order valence-corrected chi connectivity index (χ4v) is 8.36. The predicted molar refractivity (Wildman–Crippen MR) is 167 cm³/mol. The number of anilines is 2. The van der Waals surface area contributed by atoms with Crippen molar-refractivity contribution < 1.29 is 28.7 Å². The summed E-state index contributed by atoms with van der Waals surface area (Å²) in [5, 5.41) is 2.41. The molecular formula is C32H27N3O7S2. The van der Waals surface area contributed by atoms with Crippen LogP contribution in [0.1, 0.15) is 33.6 Å². The lowest BCUT2D eigenvalue weighted by Crippen LogP contribution is -2.33. The summed E-state index contributed by atoms with van der Waals surface area (Å²) in [6.07, 6.45) is 0. The van der Waals surface area contributed by atoms with Gasteiger partial charge in [-0.15, -0.1) is 0 Å². The van der Waals surface area contributed by atoms with E-state index >= 15 is 0 Å². The average molecular weight is 630 g/mol. The number of thiazole rings is 1. The van der Waals surface area contributed by atoms with Gasteiger partial charge in [-0.3, -0.25) is 23.7 Å². The molecule has 0 radical (unpaired) electrons. The van der Waals surface area contributed by atoms with Gasteiger partial charge < -0.3 is 14.8 Å². The van der Waals surface area contributed by atoms with Gasteiger partial charge in [0, 0.05) is 22.0 Å². The third kappa shape index (κ3) is 5.20. The first kappa shape index (κ1) is 29.4. The van der Waals surface area contributed by atoms with Crippen LogP contribution in [0.2, 0.25) is 0 Å². The van der Waals surface area contributed by atoms with Gasteiger partial charge >= 0.3 is 10.8 Å². The number of imide groups is 1. The second-order valence-electron chi connectivity index (χ2n) is 10.1. The SMILES string of the molecule is CCOC(=O)c1ccc(N2C(=O)C3Sc4c(sc(=O)n4CC(=O)Nc4ccccc4)C(c4ccccc4OC)C3C2=O)cc1. The number of para-hydroxylation sites is 2. The molecule has 10 nitrogen and oxygen atoms in total. The van der Waals surface area contributed by atoms with Gasteiger partial charge in [0.15, 0.2) is 0 Å². The van der Waals surface area contributed by atoms with Crippen molar-refractivity contribution >= 4 is 58.2 Å². The first-order valence-corrected chi connectivity index (χ1v) is 15.5. The number of nitrogens with one attached hydrogen (secondary N) is 1. The van der Waals surface area contributed by atoms with E-state index in [2.05, 4.69) is 5.32 Å². The zero-order valence-corrected chi connectivity index (χ0v) is 25.4. The summed E-state index contributed by atoms with van der Waals surface area (Å²) in [5.74, 6) is -2.77. The minimum atomic E-state index is -0.868. The van der Waals surface area contributed by atoms with Crippen LogP contribution in [0, 0.1) is 5.92 Å². The van der Waals surface area contributed by atoms with Gasteiger partial charge in [-0.2, -0.15) is 0 Å². The molecule has 3 atom stereocenters. The summed E-state index contributed by atoms with van der Waals surface area (Å²) in [6, 6.07) is 22.2. The van der Waals surface area contributed by atoms with Crippen LogP contribution >= 0.6 is 23.1 Å². The first-order chi connectivity index (χ1) is 21.3. The number of benzene rings is 3. The fraction of sp³-hybridized carbons (Fsp3) is 0.219.